The highest BCUT2D eigenvalue weighted by atomic mass is 16.8. The summed E-state index contributed by atoms with van der Waals surface area (Å²) in [5.41, 5.74) is -7.33. The third-order valence-electron chi connectivity index (χ3n) is 21.1. The molecule has 0 radical (unpaired) electrons. The van der Waals surface area contributed by atoms with Crippen LogP contribution in [0.5, 0.6) is 0 Å². The number of aliphatic hydroxyl groups excluding tert-OH is 11. The molecule has 25 heteroatoms. The van der Waals surface area contributed by atoms with Crippen molar-refractivity contribution >= 4 is 17.9 Å². The monoisotopic (exact) mass is 1130 g/mol. The number of hydrogen-bond acceptors (Lipinski definition) is 24. The first-order valence-corrected chi connectivity index (χ1v) is 27.7. The lowest BCUT2D eigenvalue weighted by atomic mass is 9.33. The average molecular weight is 1130 g/mol. The van der Waals surface area contributed by atoms with E-state index < -0.39 is 206 Å². The van der Waals surface area contributed by atoms with Gasteiger partial charge in [-0.15, -0.1) is 0 Å². The number of carbonyl (C=O) groups is 3. The molecule has 4 saturated heterocycles. The van der Waals surface area contributed by atoms with Crippen LogP contribution in [0.3, 0.4) is 0 Å². The van der Waals surface area contributed by atoms with Gasteiger partial charge in [0.15, 0.2) is 31.1 Å². The normalized spacial score (nSPS) is 53.3. The van der Waals surface area contributed by atoms with E-state index in [-0.39, 0.29) is 30.6 Å². The Balaban J connectivity index is 0.993. The van der Waals surface area contributed by atoms with E-state index in [0.717, 1.165) is 12.5 Å². The molecule has 0 aromatic rings. The summed E-state index contributed by atoms with van der Waals surface area (Å²) in [4.78, 5) is 41.4. The van der Waals surface area contributed by atoms with Gasteiger partial charge in [0, 0.05) is 6.92 Å². The molecule has 9 aliphatic rings. The molecule has 8 fully saturated rings. The maximum atomic E-state index is 15.4. The van der Waals surface area contributed by atoms with E-state index in [2.05, 4.69) is 33.8 Å². The molecule has 9 rings (SSSR count). The van der Waals surface area contributed by atoms with Gasteiger partial charge in [0.2, 0.25) is 6.29 Å². The Bertz CT molecular complexity index is 2300. The van der Waals surface area contributed by atoms with Crippen LogP contribution in [-0.2, 0) is 57.0 Å². The van der Waals surface area contributed by atoms with Crippen LogP contribution in [0.25, 0.3) is 0 Å². The number of esters is 2. The fraction of sp³-hybridized carbons (Fsp3) is 0.907. The van der Waals surface area contributed by atoms with Gasteiger partial charge in [-0.3, -0.25) is 14.4 Å². The number of rotatable bonds is 12. The Morgan fingerprint density at radius 2 is 1.37 bits per heavy atom. The first kappa shape index (κ1) is 61.0. The summed E-state index contributed by atoms with van der Waals surface area (Å²) in [6.45, 7) is 11.7. The molecule has 25 nitrogen and oxygen atoms in total. The second-order valence-electron chi connectivity index (χ2n) is 26.1. The van der Waals surface area contributed by atoms with Crippen LogP contribution in [0, 0.1) is 50.2 Å². The lowest BCUT2D eigenvalue weighted by Crippen LogP contribution is -2.71. The number of carbonyl (C=O) groups excluding carboxylic acids is 2. The third kappa shape index (κ3) is 9.63. The van der Waals surface area contributed by atoms with Crippen molar-refractivity contribution in [2.45, 2.75) is 229 Å². The van der Waals surface area contributed by atoms with Crippen molar-refractivity contribution in [3.8, 4) is 0 Å². The second-order valence-corrected chi connectivity index (χ2v) is 26.1. The minimum Gasteiger partial charge on any atom is -0.481 e. The fourth-order valence-corrected chi connectivity index (χ4v) is 16.4. The number of carboxylic acid groups (broad SMARTS) is 1. The summed E-state index contributed by atoms with van der Waals surface area (Å²) in [5.74, 6) is -4.51. The standard InChI is InChI=1S/C54H84O25/c1-22-37(74-23(2)57)38(76-45-40(66)53(70,20-56)21-72-45)36(65)43(73-22)77-39-32(61)27(59)19-71-44(39)79-47(69)54-14-13-48(3,4)15-25(54)24-9-10-29-49(5)16-26(58)41(78-42-35(64)34(63)33(62)28(18-55)75-42)52(8,46(67)68)30(49)11-12-50(29,6)51(24,7)17-31(54)60/h9,22,25-45,55-56,58-66,70H,10-21H2,1-8H3,(H,67,68)/t22-,25-,26-,27-,28-,29-,30-,31-,32+,33-,34+,35-,36-,37-,38-,39-,40+,41+,42+,43+,44+,45+,49-,50+,51+,52+,53-,54+/m0/s1. The summed E-state index contributed by atoms with van der Waals surface area (Å²) in [6.07, 6.45) is -26.4. The van der Waals surface area contributed by atoms with Crippen LogP contribution in [0.2, 0.25) is 0 Å². The van der Waals surface area contributed by atoms with Crippen LogP contribution in [0.15, 0.2) is 11.6 Å². The zero-order valence-corrected chi connectivity index (χ0v) is 46.0. The van der Waals surface area contributed by atoms with E-state index in [9.17, 15) is 76.0 Å². The first-order chi connectivity index (χ1) is 36.8. The summed E-state index contributed by atoms with van der Waals surface area (Å²) in [7, 11) is 0. The Kier molecular flexibility index (Phi) is 16.6. The molecule has 0 spiro atoms. The highest BCUT2D eigenvalue weighted by molar-refractivity contribution is 5.80. The molecule has 28 atom stereocenters. The SMILES string of the molecule is CC(=O)O[C@@H]1[C@@H](O[C@H]2OC[C@@](O)(CO)[C@@H]2O)[C@H](O)[C@@H](O[C@@H]2[C@@H](OC(=O)[C@]34CCC(C)(C)C[C@H]3C3=CC[C@H]5[C@]6(C)C[C@H](O)[C@@H](O[C@H]7O[C@@H](CO)[C@H](O)[C@@H](O)[C@@H]7O)[C@](C)(C(=O)O)[C@H]6CC[C@@]5(C)[C@]3(C)C[C@@H]4O)OC[C@H](O)[C@H]2O)O[C@H]1C. The molecule has 0 aromatic carbocycles. The predicted molar refractivity (Wildman–Crippen MR) is 264 cm³/mol. The quantitative estimate of drug-likeness (QED) is 0.0563. The molecular weight excluding hydrogens is 1050 g/mol. The molecule has 79 heavy (non-hydrogen) atoms. The van der Waals surface area contributed by atoms with E-state index in [1.807, 2.05) is 6.92 Å². The van der Waals surface area contributed by atoms with Crippen molar-refractivity contribution in [1.82, 2.24) is 0 Å². The van der Waals surface area contributed by atoms with Crippen LogP contribution >= 0.6 is 0 Å². The van der Waals surface area contributed by atoms with Gasteiger partial charge in [-0.05, 0) is 105 Å². The van der Waals surface area contributed by atoms with Crippen LogP contribution in [0.1, 0.15) is 107 Å². The summed E-state index contributed by atoms with van der Waals surface area (Å²) in [5, 5.41) is 144. The highest BCUT2D eigenvalue weighted by Crippen LogP contribution is 2.76. The summed E-state index contributed by atoms with van der Waals surface area (Å²) >= 11 is 0. The first-order valence-electron chi connectivity index (χ1n) is 27.7. The molecule has 13 N–H and O–H groups in total. The third-order valence-corrected chi connectivity index (χ3v) is 21.1. The Hall–Kier alpha value is -2.61. The van der Waals surface area contributed by atoms with Gasteiger partial charge in [0.1, 0.15) is 72.1 Å². The van der Waals surface area contributed by atoms with Gasteiger partial charge in [0.25, 0.3) is 0 Å². The van der Waals surface area contributed by atoms with Crippen molar-refractivity contribution in [1.29, 1.82) is 0 Å². The molecule has 0 unspecified atom stereocenters. The molecule has 0 amide bonds. The van der Waals surface area contributed by atoms with Crippen LogP contribution < -0.4 is 0 Å². The molecule has 450 valence electrons. The van der Waals surface area contributed by atoms with Gasteiger partial charge in [-0.2, -0.15) is 0 Å². The number of aliphatic carboxylic acids is 1. The smallest absolute Gasteiger partial charge is 0.317 e. The molecule has 4 aliphatic heterocycles. The largest absolute Gasteiger partial charge is 0.481 e. The molecule has 4 saturated carbocycles. The Morgan fingerprint density at radius 3 is 2.00 bits per heavy atom. The number of fused-ring (bicyclic) bond motifs is 7. The fourth-order valence-electron chi connectivity index (χ4n) is 16.4. The molecule has 0 bridgehead atoms. The number of carboxylic acids is 1. The average Bonchev–Trinajstić information content (AvgIpc) is 3.67. The van der Waals surface area contributed by atoms with E-state index in [1.165, 1.54) is 13.8 Å². The minimum absolute atomic E-state index is 0.0535. The molecular formula is C54H84O25. The molecule has 5 aliphatic carbocycles. The predicted octanol–water partition coefficient (Wildman–Crippen LogP) is -2.15. The van der Waals surface area contributed by atoms with Crippen molar-refractivity contribution in [3.05, 3.63) is 11.6 Å². The number of allylic oxidation sites excluding steroid dienone is 2. The highest BCUT2D eigenvalue weighted by Gasteiger charge is 2.74. The van der Waals surface area contributed by atoms with Crippen molar-refractivity contribution < 1.29 is 123 Å². The number of ether oxygens (including phenoxy) is 9. The zero-order chi connectivity index (χ0) is 58.1. The summed E-state index contributed by atoms with van der Waals surface area (Å²) < 4.78 is 52.9. The second kappa shape index (κ2) is 21.5. The van der Waals surface area contributed by atoms with E-state index >= 15 is 4.79 Å². The van der Waals surface area contributed by atoms with Crippen molar-refractivity contribution in [2.24, 2.45) is 50.2 Å². The van der Waals surface area contributed by atoms with E-state index in [0.29, 0.717) is 32.1 Å². The van der Waals surface area contributed by atoms with Gasteiger partial charge in [-0.1, -0.05) is 46.3 Å². The van der Waals surface area contributed by atoms with E-state index in [4.69, 9.17) is 42.6 Å². The maximum Gasteiger partial charge on any atom is 0.317 e. The lowest BCUT2D eigenvalue weighted by Gasteiger charge is -2.71. The van der Waals surface area contributed by atoms with Gasteiger partial charge in [0.05, 0.1) is 50.2 Å². The zero-order valence-electron chi connectivity index (χ0n) is 46.0. The van der Waals surface area contributed by atoms with Crippen molar-refractivity contribution in [3.63, 3.8) is 0 Å². The number of aliphatic hydroxyl groups is 12. The topological polar surface area (TPSA) is 397 Å². The number of hydrogen-bond donors (Lipinski definition) is 13. The van der Waals surface area contributed by atoms with Gasteiger partial charge >= 0.3 is 17.9 Å². The summed E-state index contributed by atoms with van der Waals surface area (Å²) in [6, 6.07) is 0. The van der Waals surface area contributed by atoms with Gasteiger partial charge in [-0.25, -0.2) is 0 Å². The Labute approximate surface area is 457 Å². The Morgan fingerprint density at radius 1 is 0.696 bits per heavy atom. The van der Waals surface area contributed by atoms with Crippen molar-refractivity contribution in [2.75, 3.05) is 26.4 Å². The molecule has 0 aromatic heterocycles. The van der Waals surface area contributed by atoms with Crippen LogP contribution in [0.4, 0.5) is 0 Å². The van der Waals surface area contributed by atoms with E-state index in [1.54, 1.807) is 0 Å². The van der Waals surface area contributed by atoms with Gasteiger partial charge < -0.3 is 109 Å². The lowest BCUT2D eigenvalue weighted by molar-refractivity contribution is -0.362. The molecule has 4 heterocycles. The minimum atomic E-state index is -2.13. The van der Waals surface area contributed by atoms with Crippen LogP contribution in [-0.4, -0.2) is 233 Å². The maximum absolute atomic E-state index is 15.4.